The lowest BCUT2D eigenvalue weighted by molar-refractivity contribution is -0.139. The number of pyridine rings is 1. The van der Waals surface area contributed by atoms with Gasteiger partial charge in [0.1, 0.15) is 23.6 Å². The standard InChI is InChI=1S/C25H25F6N7O3/c1-41-22-14(6-13(8-33-22)18-7-15(25(29,30)31)19-20(32)34-11-35-38(18)19)21(39)36-17-10-37(9-16(17)26)23(40)12-2-4-24(27,28)5-3-12/h6-8,11-12,16-17H,2-5,9-10H2,1H3,(H,36,39)(H2,32,34,35)/t16-,17+/m0/s1/i1D. The van der Waals surface area contributed by atoms with Gasteiger partial charge in [0.25, 0.3) is 5.91 Å². The van der Waals surface area contributed by atoms with Gasteiger partial charge < -0.3 is 20.7 Å². The number of amides is 2. The number of alkyl halides is 6. The number of hydrogen-bond acceptors (Lipinski definition) is 7. The van der Waals surface area contributed by atoms with Crippen molar-refractivity contribution in [2.45, 2.75) is 50.0 Å². The molecule has 4 heterocycles. The Bertz CT molecular complexity index is 1510. The van der Waals surface area contributed by atoms with E-state index in [-0.39, 0.29) is 48.6 Å². The van der Waals surface area contributed by atoms with E-state index >= 15 is 0 Å². The number of aromatic nitrogens is 4. The zero-order valence-electron chi connectivity index (χ0n) is 22.3. The number of carbonyl (C=O) groups is 2. The number of fused-ring (bicyclic) bond motifs is 1. The first-order valence-electron chi connectivity index (χ1n) is 13.2. The number of nitrogens with one attached hydrogen (secondary N) is 1. The van der Waals surface area contributed by atoms with E-state index in [9.17, 15) is 35.9 Å². The van der Waals surface area contributed by atoms with Crippen LogP contribution in [-0.4, -0.2) is 74.6 Å². The molecule has 3 aromatic rings. The molecule has 0 radical (unpaired) electrons. The lowest BCUT2D eigenvalue weighted by atomic mass is 9.86. The quantitative estimate of drug-likeness (QED) is 0.438. The van der Waals surface area contributed by atoms with E-state index in [0.717, 1.165) is 29.2 Å². The van der Waals surface area contributed by atoms with Gasteiger partial charge in [-0.15, -0.1) is 0 Å². The lowest BCUT2D eigenvalue weighted by Gasteiger charge is -2.30. The van der Waals surface area contributed by atoms with Gasteiger partial charge in [-0.05, 0) is 25.0 Å². The van der Waals surface area contributed by atoms with E-state index in [2.05, 4.69) is 20.4 Å². The fourth-order valence-electron chi connectivity index (χ4n) is 5.23. The number of carbonyl (C=O) groups excluding carboxylic acids is 2. The zero-order valence-corrected chi connectivity index (χ0v) is 21.3. The first-order chi connectivity index (χ1) is 19.8. The second-order valence-electron chi connectivity index (χ2n) is 10.0. The summed E-state index contributed by atoms with van der Waals surface area (Å²) in [6.45, 7) is -0.558. The Morgan fingerprint density at radius 3 is 2.61 bits per heavy atom. The Morgan fingerprint density at radius 1 is 1.20 bits per heavy atom. The highest BCUT2D eigenvalue weighted by molar-refractivity contribution is 5.98. The predicted molar refractivity (Wildman–Crippen MR) is 132 cm³/mol. The highest BCUT2D eigenvalue weighted by Gasteiger charge is 2.43. The minimum atomic E-state index is -4.81. The van der Waals surface area contributed by atoms with Crippen molar-refractivity contribution < 1.29 is 42.0 Å². The minimum absolute atomic E-state index is 0.00444. The number of methoxy groups -OCH3 is 1. The molecule has 2 fully saturated rings. The Hall–Kier alpha value is -4.11. The van der Waals surface area contributed by atoms with Crippen molar-refractivity contribution in [1.82, 2.24) is 29.8 Å². The molecule has 2 amide bonds. The summed E-state index contributed by atoms with van der Waals surface area (Å²) in [6, 6.07) is 0.752. The van der Waals surface area contributed by atoms with Crippen LogP contribution in [0, 0.1) is 5.92 Å². The second kappa shape index (κ2) is 10.4. The Kier molecular flexibility index (Phi) is 6.85. The van der Waals surface area contributed by atoms with Gasteiger partial charge in [-0.1, -0.05) is 0 Å². The van der Waals surface area contributed by atoms with E-state index in [1.54, 1.807) is 0 Å². The molecule has 41 heavy (non-hydrogen) atoms. The minimum Gasteiger partial charge on any atom is -0.480 e. The molecule has 2 aliphatic rings. The predicted octanol–water partition coefficient (Wildman–Crippen LogP) is 3.51. The first-order valence-corrected chi connectivity index (χ1v) is 12.5. The molecular weight excluding hydrogens is 560 g/mol. The number of ether oxygens (including phenoxy) is 1. The van der Waals surface area contributed by atoms with Crippen LogP contribution in [0.3, 0.4) is 0 Å². The molecule has 10 nitrogen and oxygen atoms in total. The Labute approximate surface area is 230 Å². The second-order valence-corrected chi connectivity index (χ2v) is 10.0. The van der Waals surface area contributed by atoms with Crippen molar-refractivity contribution >= 4 is 23.1 Å². The summed E-state index contributed by atoms with van der Waals surface area (Å²) in [7, 11) is -0.652. The summed E-state index contributed by atoms with van der Waals surface area (Å²) in [4.78, 5) is 34.9. The van der Waals surface area contributed by atoms with Gasteiger partial charge in [0.05, 0.1) is 32.3 Å². The molecule has 1 aliphatic heterocycles. The number of halogens is 6. The van der Waals surface area contributed by atoms with Crippen molar-refractivity contribution in [2.75, 3.05) is 25.9 Å². The third kappa shape index (κ3) is 5.46. The van der Waals surface area contributed by atoms with Crippen molar-refractivity contribution in [3.63, 3.8) is 0 Å². The molecule has 0 aromatic carbocycles. The SMILES string of the molecule is [2H]COc1ncc(-c2cc(C(F)(F)F)c3c(N)ncnn23)cc1C(=O)N[C@@H]1CN(C(=O)C2CCC(F)(F)CC2)C[C@@H]1F. The summed E-state index contributed by atoms with van der Waals surface area (Å²) < 4.78 is 96.6. The molecule has 5 rings (SSSR count). The molecule has 0 spiro atoms. The van der Waals surface area contributed by atoms with E-state index < -0.39 is 78.9 Å². The summed E-state index contributed by atoms with van der Waals surface area (Å²) in [5, 5.41) is 6.32. The van der Waals surface area contributed by atoms with Gasteiger partial charge in [-0.2, -0.15) is 18.3 Å². The number of rotatable bonds is 5. The summed E-state index contributed by atoms with van der Waals surface area (Å²) in [6.07, 6.45) is -5.33. The van der Waals surface area contributed by atoms with Gasteiger partial charge in [-0.25, -0.2) is 27.7 Å². The smallest absolute Gasteiger partial charge is 0.418 e. The largest absolute Gasteiger partial charge is 0.480 e. The highest BCUT2D eigenvalue weighted by atomic mass is 19.4. The van der Waals surface area contributed by atoms with E-state index in [0.29, 0.717) is 0 Å². The third-order valence-corrected chi connectivity index (χ3v) is 7.36. The molecule has 16 heteroatoms. The maximum atomic E-state index is 14.9. The van der Waals surface area contributed by atoms with Crippen molar-refractivity contribution in [3.05, 3.63) is 35.8 Å². The fraction of sp³-hybridized carbons (Fsp3) is 0.480. The van der Waals surface area contributed by atoms with Gasteiger partial charge >= 0.3 is 6.18 Å². The van der Waals surface area contributed by atoms with Crippen LogP contribution in [0.1, 0.15) is 43.0 Å². The van der Waals surface area contributed by atoms with E-state index in [1.807, 2.05) is 0 Å². The fourth-order valence-corrected chi connectivity index (χ4v) is 5.23. The Balaban J connectivity index is 1.40. The van der Waals surface area contributed by atoms with Crippen LogP contribution in [0.4, 0.5) is 32.2 Å². The molecule has 1 saturated heterocycles. The van der Waals surface area contributed by atoms with Crippen molar-refractivity contribution in [1.29, 1.82) is 0 Å². The Morgan fingerprint density at radius 2 is 1.93 bits per heavy atom. The van der Waals surface area contributed by atoms with Crippen LogP contribution in [0.5, 0.6) is 5.88 Å². The van der Waals surface area contributed by atoms with Crippen LogP contribution >= 0.6 is 0 Å². The average Bonchev–Trinajstić information content (AvgIpc) is 3.50. The van der Waals surface area contributed by atoms with Gasteiger partial charge in [-0.3, -0.25) is 9.59 Å². The summed E-state index contributed by atoms with van der Waals surface area (Å²) >= 11 is 0. The third-order valence-electron chi connectivity index (χ3n) is 7.36. The number of likely N-dealkylation sites (tertiary alicyclic amines) is 1. The summed E-state index contributed by atoms with van der Waals surface area (Å²) in [5.41, 5.74) is 3.62. The van der Waals surface area contributed by atoms with Crippen LogP contribution < -0.4 is 15.8 Å². The van der Waals surface area contributed by atoms with Gasteiger partial charge in [0.2, 0.25) is 17.7 Å². The van der Waals surface area contributed by atoms with Crippen LogP contribution in [0.2, 0.25) is 0 Å². The molecule has 3 N–H and O–H groups in total. The maximum absolute atomic E-state index is 14.9. The van der Waals surface area contributed by atoms with Gasteiger partial charge in [0.15, 0.2) is 5.82 Å². The average molecular weight is 587 g/mol. The first kappa shape index (κ1) is 27.1. The lowest BCUT2D eigenvalue weighted by Crippen LogP contribution is -2.43. The van der Waals surface area contributed by atoms with Gasteiger partial charge in [0, 0.05) is 37.1 Å². The van der Waals surface area contributed by atoms with E-state index in [1.165, 1.54) is 4.90 Å². The number of nitrogen functional groups attached to an aromatic ring is 1. The van der Waals surface area contributed by atoms with Crippen LogP contribution in [0.15, 0.2) is 24.7 Å². The van der Waals surface area contributed by atoms with Crippen LogP contribution in [-0.2, 0) is 11.0 Å². The maximum Gasteiger partial charge on any atom is 0.418 e. The molecule has 0 unspecified atom stereocenters. The molecule has 0 bridgehead atoms. The van der Waals surface area contributed by atoms with E-state index in [4.69, 9.17) is 11.8 Å². The topological polar surface area (TPSA) is 128 Å². The molecule has 1 saturated carbocycles. The van der Waals surface area contributed by atoms with Crippen LogP contribution in [0.25, 0.3) is 16.8 Å². The van der Waals surface area contributed by atoms with Crippen molar-refractivity contribution in [2.24, 2.45) is 5.92 Å². The van der Waals surface area contributed by atoms with Crippen molar-refractivity contribution in [3.8, 4) is 17.1 Å². The molecule has 1 aliphatic carbocycles. The number of hydrogen-bond donors (Lipinski definition) is 2. The molecule has 2 atom stereocenters. The monoisotopic (exact) mass is 586 g/mol. The number of nitrogens with two attached hydrogens (primary N) is 1. The molecule has 3 aromatic heterocycles. The normalized spacial score (nSPS) is 21.6. The summed E-state index contributed by atoms with van der Waals surface area (Å²) in [5.74, 6) is -5.64. The number of nitrogens with zero attached hydrogens (tertiary/aromatic N) is 5. The molecular formula is C25H25F6N7O3. The molecule has 220 valence electrons. The number of anilines is 1. The highest BCUT2D eigenvalue weighted by Crippen LogP contribution is 2.39. The zero-order chi connectivity index (χ0) is 30.4.